The summed E-state index contributed by atoms with van der Waals surface area (Å²) in [4.78, 5) is 39.3. The van der Waals surface area contributed by atoms with Gasteiger partial charge in [-0.05, 0) is 37.6 Å². The average Bonchev–Trinajstić information content (AvgIpc) is 2.75. The molecule has 31 heavy (non-hydrogen) atoms. The topological polar surface area (TPSA) is 94.2 Å². The Labute approximate surface area is 179 Å². The average molecular weight is 424 g/mol. The minimum absolute atomic E-state index is 0.186. The summed E-state index contributed by atoms with van der Waals surface area (Å²) >= 11 is 0. The molecule has 0 bridgehead atoms. The number of aromatic nitrogens is 3. The molecular formula is C22H25FN6O2. The van der Waals surface area contributed by atoms with Crippen LogP contribution in [0, 0.1) is 19.7 Å². The highest BCUT2D eigenvalue weighted by molar-refractivity contribution is 5.94. The minimum atomic E-state index is -0.431. The largest absolute Gasteiger partial charge is 0.369 e. The van der Waals surface area contributed by atoms with Crippen molar-refractivity contribution in [2.24, 2.45) is 0 Å². The fraction of sp³-hybridized carbons (Fsp3) is 0.364. The van der Waals surface area contributed by atoms with Crippen molar-refractivity contribution < 1.29 is 9.18 Å². The first-order valence-electron chi connectivity index (χ1n) is 10.2. The summed E-state index contributed by atoms with van der Waals surface area (Å²) in [5.41, 5.74) is 3.64. The van der Waals surface area contributed by atoms with Crippen molar-refractivity contribution in [1.82, 2.24) is 25.2 Å². The smallest absolute Gasteiger partial charge is 0.269 e. The number of fused-ring (bicyclic) bond motifs is 1. The van der Waals surface area contributed by atoms with E-state index in [-0.39, 0.29) is 22.7 Å². The Morgan fingerprint density at radius 1 is 1.23 bits per heavy atom. The number of rotatable bonds is 4. The number of carbonyl (C=O) groups is 1. The quantitative estimate of drug-likeness (QED) is 0.663. The standard InChI is InChI=1S/C22H25FN6O2/c1-13-18(4-5-25-19(13)22(31)24-3)29-8-6-28(7-9-29)12-15-10-16(23)20-17(11-15)27-21(30)14(2)26-20/h4-5,10-11H,6-9,12H2,1-3H3,(H,24,31)(H,27,30). The van der Waals surface area contributed by atoms with E-state index < -0.39 is 5.82 Å². The fourth-order valence-electron chi connectivity index (χ4n) is 4.01. The van der Waals surface area contributed by atoms with E-state index in [1.807, 2.05) is 13.0 Å². The monoisotopic (exact) mass is 424 g/mol. The van der Waals surface area contributed by atoms with Gasteiger partial charge in [0.15, 0.2) is 5.82 Å². The van der Waals surface area contributed by atoms with E-state index in [1.165, 1.54) is 6.07 Å². The number of nitrogens with zero attached hydrogens (tertiary/aromatic N) is 4. The van der Waals surface area contributed by atoms with Crippen molar-refractivity contribution in [3.8, 4) is 0 Å². The Morgan fingerprint density at radius 2 is 1.97 bits per heavy atom. The van der Waals surface area contributed by atoms with E-state index in [0.717, 1.165) is 43.0 Å². The summed E-state index contributed by atoms with van der Waals surface area (Å²) < 4.78 is 14.5. The lowest BCUT2D eigenvalue weighted by molar-refractivity contribution is 0.0957. The van der Waals surface area contributed by atoms with Gasteiger partial charge in [-0.1, -0.05) is 0 Å². The number of halogens is 1. The molecule has 8 nitrogen and oxygen atoms in total. The highest BCUT2D eigenvalue weighted by Gasteiger charge is 2.21. The first-order chi connectivity index (χ1) is 14.9. The predicted octanol–water partition coefficient (Wildman–Crippen LogP) is 1.76. The molecule has 0 unspecified atom stereocenters. The normalized spacial score (nSPS) is 14.8. The van der Waals surface area contributed by atoms with Crippen LogP contribution in [0.25, 0.3) is 11.0 Å². The Bertz CT molecular complexity index is 1200. The second-order valence-electron chi connectivity index (χ2n) is 7.77. The second-order valence-corrected chi connectivity index (χ2v) is 7.77. The van der Waals surface area contributed by atoms with E-state index in [0.29, 0.717) is 17.8 Å². The van der Waals surface area contributed by atoms with Crippen LogP contribution in [0.5, 0.6) is 0 Å². The maximum atomic E-state index is 14.5. The number of H-pyrrole nitrogens is 1. The molecule has 0 spiro atoms. The molecule has 1 aromatic carbocycles. The fourth-order valence-corrected chi connectivity index (χ4v) is 4.01. The summed E-state index contributed by atoms with van der Waals surface area (Å²) in [5, 5.41) is 2.62. The van der Waals surface area contributed by atoms with Crippen molar-refractivity contribution in [2.75, 3.05) is 38.1 Å². The maximum absolute atomic E-state index is 14.5. The number of nitrogens with one attached hydrogen (secondary N) is 2. The molecule has 9 heteroatoms. The molecule has 1 fully saturated rings. The Morgan fingerprint density at radius 3 is 2.68 bits per heavy atom. The second kappa shape index (κ2) is 8.43. The van der Waals surface area contributed by atoms with Gasteiger partial charge in [0, 0.05) is 57.2 Å². The number of anilines is 1. The number of carbonyl (C=O) groups excluding carboxylic acids is 1. The Kier molecular flexibility index (Phi) is 5.69. The molecule has 1 amide bonds. The van der Waals surface area contributed by atoms with Gasteiger partial charge >= 0.3 is 0 Å². The van der Waals surface area contributed by atoms with Crippen LogP contribution >= 0.6 is 0 Å². The molecule has 1 saturated heterocycles. The molecule has 162 valence electrons. The van der Waals surface area contributed by atoms with Crippen LogP contribution in [0.1, 0.15) is 27.3 Å². The van der Waals surface area contributed by atoms with Gasteiger partial charge in [0.05, 0.1) is 5.52 Å². The van der Waals surface area contributed by atoms with Gasteiger partial charge in [0.1, 0.15) is 16.9 Å². The molecule has 3 heterocycles. The van der Waals surface area contributed by atoms with Gasteiger partial charge in [-0.3, -0.25) is 19.5 Å². The zero-order valence-electron chi connectivity index (χ0n) is 17.8. The number of hydrogen-bond acceptors (Lipinski definition) is 6. The molecule has 4 rings (SSSR count). The molecule has 2 aromatic heterocycles. The third kappa shape index (κ3) is 4.13. The zero-order chi connectivity index (χ0) is 22.1. The molecule has 0 radical (unpaired) electrons. The third-order valence-corrected chi connectivity index (χ3v) is 5.72. The summed E-state index contributed by atoms with van der Waals surface area (Å²) in [5.74, 6) is -0.626. The van der Waals surface area contributed by atoms with E-state index in [2.05, 4.69) is 30.1 Å². The van der Waals surface area contributed by atoms with Crippen LogP contribution in [0.2, 0.25) is 0 Å². The number of piperazine rings is 1. The summed E-state index contributed by atoms with van der Waals surface area (Å²) in [6.07, 6.45) is 1.66. The van der Waals surface area contributed by atoms with Crippen molar-refractivity contribution in [3.63, 3.8) is 0 Å². The van der Waals surface area contributed by atoms with Crippen LogP contribution in [-0.2, 0) is 6.54 Å². The van der Waals surface area contributed by atoms with Crippen LogP contribution in [0.3, 0.4) is 0 Å². The summed E-state index contributed by atoms with van der Waals surface area (Å²) in [6, 6.07) is 5.21. The third-order valence-electron chi connectivity index (χ3n) is 5.72. The van der Waals surface area contributed by atoms with Crippen LogP contribution in [-0.4, -0.2) is 59.0 Å². The van der Waals surface area contributed by atoms with Crippen molar-refractivity contribution in [2.45, 2.75) is 20.4 Å². The van der Waals surface area contributed by atoms with Gasteiger partial charge in [-0.25, -0.2) is 9.37 Å². The van der Waals surface area contributed by atoms with Crippen LogP contribution < -0.4 is 15.8 Å². The van der Waals surface area contributed by atoms with Crippen LogP contribution in [0.15, 0.2) is 29.2 Å². The SMILES string of the molecule is CNC(=O)c1nccc(N2CCN(Cc3cc(F)c4nc(C)c(=O)[nH]c4c3)CC2)c1C. The lowest BCUT2D eigenvalue weighted by Gasteiger charge is -2.37. The molecule has 0 atom stereocenters. The Hall–Kier alpha value is -3.33. The molecule has 1 aliphatic rings. The number of hydrogen-bond donors (Lipinski definition) is 2. The number of aromatic amines is 1. The van der Waals surface area contributed by atoms with Crippen LogP contribution in [0.4, 0.5) is 10.1 Å². The molecule has 2 N–H and O–H groups in total. The molecule has 0 saturated carbocycles. The lowest BCUT2D eigenvalue weighted by Crippen LogP contribution is -2.46. The number of benzene rings is 1. The maximum Gasteiger partial charge on any atom is 0.269 e. The first kappa shape index (κ1) is 20.9. The van der Waals surface area contributed by atoms with Crippen molar-refractivity contribution in [3.05, 3.63) is 63.1 Å². The molecular weight excluding hydrogens is 399 g/mol. The molecule has 3 aromatic rings. The van der Waals surface area contributed by atoms with E-state index >= 15 is 0 Å². The minimum Gasteiger partial charge on any atom is -0.369 e. The van der Waals surface area contributed by atoms with Gasteiger partial charge < -0.3 is 15.2 Å². The highest BCUT2D eigenvalue weighted by Crippen LogP contribution is 2.24. The molecule has 1 aliphatic heterocycles. The van der Waals surface area contributed by atoms with E-state index in [4.69, 9.17) is 0 Å². The van der Waals surface area contributed by atoms with Gasteiger partial charge in [0.25, 0.3) is 11.5 Å². The van der Waals surface area contributed by atoms with Crippen molar-refractivity contribution in [1.29, 1.82) is 0 Å². The zero-order valence-corrected chi connectivity index (χ0v) is 17.8. The van der Waals surface area contributed by atoms with Gasteiger partial charge in [-0.2, -0.15) is 0 Å². The number of pyridine rings is 1. The highest BCUT2D eigenvalue weighted by atomic mass is 19.1. The number of aryl methyl sites for hydroxylation is 1. The first-order valence-corrected chi connectivity index (χ1v) is 10.2. The summed E-state index contributed by atoms with van der Waals surface area (Å²) in [6.45, 7) is 7.20. The van der Waals surface area contributed by atoms with Gasteiger partial charge in [0.2, 0.25) is 0 Å². The predicted molar refractivity (Wildman–Crippen MR) is 117 cm³/mol. The Balaban J connectivity index is 1.47. The summed E-state index contributed by atoms with van der Waals surface area (Å²) in [7, 11) is 1.59. The van der Waals surface area contributed by atoms with E-state index in [1.54, 1.807) is 26.2 Å². The van der Waals surface area contributed by atoms with Crippen molar-refractivity contribution >= 4 is 22.6 Å². The number of amides is 1. The molecule has 0 aliphatic carbocycles. The van der Waals surface area contributed by atoms with Gasteiger partial charge in [-0.15, -0.1) is 0 Å². The lowest BCUT2D eigenvalue weighted by atomic mass is 10.1. The van der Waals surface area contributed by atoms with E-state index in [9.17, 15) is 14.0 Å².